The Hall–Kier alpha value is -5.12. The van der Waals surface area contributed by atoms with Gasteiger partial charge in [0.25, 0.3) is 18.2 Å². The van der Waals surface area contributed by atoms with Crippen molar-refractivity contribution in [1.29, 1.82) is 0 Å². The number of imide groups is 2. The zero-order chi connectivity index (χ0) is 43.0. The van der Waals surface area contributed by atoms with Gasteiger partial charge in [-0.3, -0.25) is 39.2 Å². The Bertz CT molecular complexity index is 2400. The minimum absolute atomic E-state index is 0.0818. The number of nitrogens with one attached hydrogen (secondary N) is 2. The molecule has 0 aliphatic carbocycles. The van der Waals surface area contributed by atoms with Gasteiger partial charge < -0.3 is 14.8 Å². The zero-order valence-corrected chi connectivity index (χ0v) is 34.8. The second-order valence-electron chi connectivity index (χ2n) is 18.3. The van der Waals surface area contributed by atoms with Crippen LogP contribution >= 0.6 is 0 Å². The van der Waals surface area contributed by atoms with Crippen molar-refractivity contribution in [1.82, 2.24) is 29.9 Å². The van der Waals surface area contributed by atoms with Crippen LogP contribution in [0.2, 0.25) is 0 Å². The fraction of sp³-hybridized carbons (Fsp3) is 0.489. The standard InChI is InChI=1S/C47H51F4N7O4/c1-26-17-33-32-6-2-3-7-38(32)52-43(33)44(57(26)25-40(50)51)42-36(48)20-31(21-37(42)49)55-15-10-27(11-16-55)22-54-13-4-5-30(12-14-54)56-23-28-18-34-35(19-29(28)24-56)47(62)58(46(34)61)39-8-9-41(59)53-45(39)60/h2-3,6-7,18-21,26-27,30,39-40,44,52H,4-5,8-17,22-25H2,1H3,(H,53,59,60)/t26-,30?,39?,44-/m1/s1. The van der Waals surface area contributed by atoms with Gasteiger partial charge in [-0.15, -0.1) is 0 Å². The third kappa shape index (κ3) is 7.29. The van der Waals surface area contributed by atoms with Crippen LogP contribution in [0, 0.1) is 17.6 Å². The van der Waals surface area contributed by atoms with E-state index < -0.39 is 60.3 Å². The van der Waals surface area contributed by atoms with E-state index in [0.29, 0.717) is 67.1 Å². The van der Waals surface area contributed by atoms with E-state index in [1.54, 1.807) is 0 Å². The number of carbonyl (C=O) groups is 4. The molecule has 6 aliphatic rings. The SMILES string of the molecule is C[C@@H]1Cc2c([nH]c3ccccc23)[C@@H](c2c(F)cc(N3CCC(CN4CCCC(N5Cc6cc7c(cc6C5)C(=O)N(C5CCC(=O)NC5=O)C7=O)CC4)CC3)cc2F)N1CC(F)F. The van der Waals surface area contributed by atoms with E-state index in [0.717, 1.165) is 84.2 Å². The van der Waals surface area contributed by atoms with Gasteiger partial charge in [-0.05, 0) is 118 Å². The van der Waals surface area contributed by atoms with Crippen molar-refractivity contribution in [2.45, 2.75) is 102 Å². The van der Waals surface area contributed by atoms with Crippen LogP contribution in [0.25, 0.3) is 10.9 Å². The highest BCUT2D eigenvalue weighted by Gasteiger charge is 2.46. The fourth-order valence-corrected chi connectivity index (χ4v) is 11.4. The van der Waals surface area contributed by atoms with Crippen LogP contribution < -0.4 is 10.2 Å². The van der Waals surface area contributed by atoms with Gasteiger partial charge in [0, 0.05) is 79.1 Å². The van der Waals surface area contributed by atoms with Gasteiger partial charge in [0.15, 0.2) is 0 Å². The Morgan fingerprint density at radius 3 is 2.19 bits per heavy atom. The zero-order valence-electron chi connectivity index (χ0n) is 34.8. The largest absolute Gasteiger partial charge is 0.371 e. The molecule has 0 spiro atoms. The van der Waals surface area contributed by atoms with Gasteiger partial charge in [-0.2, -0.15) is 0 Å². The molecule has 7 heterocycles. The van der Waals surface area contributed by atoms with E-state index in [9.17, 15) is 28.0 Å². The second-order valence-corrected chi connectivity index (χ2v) is 18.3. The Morgan fingerprint density at radius 1 is 0.823 bits per heavy atom. The average Bonchev–Trinajstić information content (AvgIpc) is 3.83. The summed E-state index contributed by atoms with van der Waals surface area (Å²) in [6.07, 6.45) is 2.89. The van der Waals surface area contributed by atoms with E-state index in [4.69, 9.17) is 0 Å². The summed E-state index contributed by atoms with van der Waals surface area (Å²) in [4.78, 5) is 63.9. The Labute approximate surface area is 357 Å². The Kier molecular flexibility index (Phi) is 10.7. The van der Waals surface area contributed by atoms with Crippen LogP contribution in [0.15, 0.2) is 48.5 Å². The molecule has 0 radical (unpaired) electrons. The van der Waals surface area contributed by atoms with Crippen molar-refractivity contribution in [3.63, 3.8) is 0 Å². The first-order valence-corrected chi connectivity index (χ1v) is 22.1. The summed E-state index contributed by atoms with van der Waals surface area (Å²) in [5.74, 6) is -2.99. The molecule has 3 aromatic carbocycles. The van der Waals surface area contributed by atoms with Gasteiger partial charge >= 0.3 is 0 Å². The lowest BCUT2D eigenvalue weighted by Gasteiger charge is -2.41. The number of hydrogen-bond donors (Lipinski definition) is 2. The number of likely N-dealkylation sites (tertiary alicyclic amines) is 1. The third-order valence-corrected chi connectivity index (χ3v) is 14.5. The van der Waals surface area contributed by atoms with Crippen molar-refractivity contribution >= 4 is 40.2 Å². The monoisotopic (exact) mass is 853 g/mol. The number of benzene rings is 3. The highest BCUT2D eigenvalue weighted by atomic mass is 19.3. The molecule has 10 rings (SSSR count). The number of carbonyl (C=O) groups excluding carboxylic acids is 4. The number of H-pyrrole nitrogens is 1. The number of rotatable bonds is 8. The van der Waals surface area contributed by atoms with Crippen LogP contribution in [-0.2, 0) is 29.1 Å². The molecule has 0 bridgehead atoms. The number of halogens is 4. The molecule has 4 amide bonds. The average molecular weight is 854 g/mol. The van der Waals surface area contributed by atoms with Crippen molar-refractivity contribution in [2.75, 3.05) is 44.2 Å². The summed E-state index contributed by atoms with van der Waals surface area (Å²) >= 11 is 0. The molecule has 4 aromatic rings. The number of amides is 4. The molecule has 3 fully saturated rings. The summed E-state index contributed by atoms with van der Waals surface area (Å²) in [6, 6.07) is 12.1. The number of nitrogens with zero attached hydrogens (tertiary/aromatic N) is 5. The van der Waals surface area contributed by atoms with Crippen LogP contribution in [-0.4, -0.2) is 112 Å². The molecule has 0 saturated carbocycles. The molecule has 1 aromatic heterocycles. The van der Waals surface area contributed by atoms with Crippen LogP contribution in [0.3, 0.4) is 0 Å². The van der Waals surface area contributed by atoms with E-state index in [1.807, 2.05) is 48.2 Å². The van der Waals surface area contributed by atoms with Crippen molar-refractivity contribution in [3.8, 4) is 0 Å². The first-order chi connectivity index (χ1) is 29.9. The molecule has 2 N–H and O–H groups in total. The topological polar surface area (TPSA) is 112 Å². The number of fused-ring (bicyclic) bond motifs is 5. The van der Waals surface area contributed by atoms with Gasteiger partial charge in [0.2, 0.25) is 11.8 Å². The minimum Gasteiger partial charge on any atom is -0.371 e. The predicted molar refractivity (Wildman–Crippen MR) is 224 cm³/mol. The summed E-state index contributed by atoms with van der Waals surface area (Å²) in [7, 11) is 0. The maximum Gasteiger partial charge on any atom is 0.262 e. The highest BCUT2D eigenvalue weighted by molar-refractivity contribution is 6.23. The molecular formula is C47H51F4N7O4. The van der Waals surface area contributed by atoms with Gasteiger partial charge in [-0.25, -0.2) is 17.6 Å². The number of para-hydroxylation sites is 1. The quantitative estimate of drug-likeness (QED) is 0.152. The Morgan fingerprint density at radius 2 is 1.52 bits per heavy atom. The number of aromatic amines is 1. The highest BCUT2D eigenvalue weighted by Crippen LogP contribution is 2.44. The van der Waals surface area contributed by atoms with Crippen LogP contribution in [0.4, 0.5) is 23.2 Å². The van der Waals surface area contributed by atoms with Crippen molar-refractivity contribution in [3.05, 3.63) is 99.2 Å². The molecule has 11 nitrogen and oxygen atoms in total. The van der Waals surface area contributed by atoms with Crippen molar-refractivity contribution in [2.24, 2.45) is 5.92 Å². The number of alkyl halides is 2. The summed E-state index contributed by atoms with van der Waals surface area (Å²) in [6.45, 7) is 6.84. The van der Waals surface area contributed by atoms with Crippen LogP contribution in [0.5, 0.6) is 0 Å². The summed E-state index contributed by atoms with van der Waals surface area (Å²) in [5, 5.41) is 3.19. The van der Waals surface area contributed by atoms with Gasteiger partial charge in [-0.1, -0.05) is 18.2 Å². The minimum atomic E-state index is -2.66. The van der Waals surface area contributed by atoms with Gasteiger partial charge in [0.1, 0.15) is 17.7 Å². The van der Waals surface area contributed by atoms with E-state index in [1.165, 1.54) is 17.0 Å². The molecule has 4 atom stereocenters. The molecule has 62 heavy (non-hydrogen) atoms. The summed E-state index contributed by atoms with van der Waals surface area (Å²) in [5.41, 5.74) is 5.27. The molecule has 2 unspecified atom stereocenters. The number of piperidine rings is 2. The van der Waals surface area contributed by atoms with E-state index in [2.05, 4.69) is 20.1 Å². The van der Waals surface area contributed by atoms with Crippen molar-refractivity contribution < 1.29 is 36.7 Å². The van der Waals surface area contributed by atoms with Gasteiger partial charge in [0.05, 0.1) is 23.7 Å². The second kappa shape index (κ2) is 16.2. The lowest BCUT2D eigenvalue weighted by atomic mass is 9.88. The molecule has 3 saturated heterocycles. The molecular weight excluding hydrogens is 803 g/mol. The maximum atomic E-state index is 16.3. The smallest absolute Gasteiger partial charge is 0.262 e. The predicted octanol–water partition coefficient (Wildman–Crippen LogP) is 6.54. The molecule has 6 aliphatic heterocycles. The lowest BCUT2D eigenvalue weighted by molar-refractivity contribution is -0.136. The van der Waals surface area contributed by atoms with Crippen LogP contribution in [0.1, 0.15) is 107 Å². The van der Waals surface area contributed by atoms with E-state index in [-0.39, 0.29) is 24.4 Å². The maximum absolute atomic E-state index is 16.3. The molecule has 15 heteroatoms. The first-order valence-electron chi connectivity index (χ1n) is 22.1. The summed E-state index contributed by atoms with van der Waals surface area (Å²) < 4.78 is 60.5. The Balaban J connectivity index is 0.753. The molecule has 326 valence electrons. The first kappa shape index (κ1) is 40.9. The number of aromatic nitrogens is 1. The van der Waals surface area contributed by atoms with E-state index >= 15 is 8.78 Å². The fourth-order valence-electron chi connectivity index (χ4n) is 11.4. The normalized spacial score (nSPS) is 25.5. The third-order valence-electron chi connectivity index (χ3n) is 14.5. The lowest BCUT2D eigenvalue weighted by Crippen LogP contribution is -2.54. The number of anilines is 1. The number of hydrogen-bond acceptors (Lipinski definition) is 8.